The third-order valence-corrected chi connectivity index (χ3v) is 5.12. The van der Waals surface area contributed by atoms with Crippen LogP contribution >= 0.6 is 0 Å². The van der Waals surface area contributed by atoms with Crippen LogP contribution in [0.3, 0.4) is 0 Å². The lowest BCUT2D eigenvalue weighted by Crippen LogP contribution is -2.33. The lowest BCUT2D eigenvalue weighted by atomic mass is 10.2. The second-order valence-electron chi connectivity index (χ2n) is 4.59. The number of methoxy groups -OCH3 is 2. The Balaban J connectivity index is 3.47. The number of benzene rings is 1. The number of aliphatic hydroxyl groups excluding tert-OH is 1. The predicted molar refractivity (Wildman–Crippen MR) is 75.6 cm³/mol. The zero-order valence-electron chi connectivity index (χ0n) is 12.4. The lowest BCUT2D eigenvalue weighted by Gasteiger charge is -2.22. The Hall–Kier alpha value is -1.31. The van der Waals surface area contributed by atoms with Crippen LogP contribution in [0.1, 0.15) is 19.4 Å². The summed E-state index contributed by atoms with van der Waals surface area (Å²) in [5.41, 5.74) is 0.364. The number of nitrogens with zero attached hydrogens (tertiary/aromatic N) is 1. The summed E-state index contributed by atoms with van der Waals surface area (Å²) < 4.78 is 36.5. The number of sulfonamides is 1. The Labute approximate surface area is 120 Å². The van der Waals surface area contributed by atoms with Crippen molar-refractivity contribution in [2.24, 2.45) is 0 Å². The highest BCUT2D eigenvalue weighted by molar-refractivity contribution is 7.89. The first kappa shape index (κ1) is 16.7. The molecule has 0 saturated carbocycles. The van der Waals surface area contributed by atoms with Crippen LogP contribution in [0.5, 0.6) is 11.5 Å². The van der Waals surface area contributed by atoms with Crippen molar-refractivity contribution < 1.29 is 23.0 Å². The van der Waals surface area contributed by atoms with Gasteiger partial charge in [0.05, 0.1) is 25.7 Å². The van der Waals surface area contributed by atoms with Gasteiger partial charge in [0.25, 0.3) is 0 Å². The highest BCUT2D eigenvalue weighted by atomic mass is 32.2. The third-order valence-electron chi connectivity index (χ3n) is 3.10. The van der Waals surface area contributed by atoms with E-state index in [4.69, 9.17) is 9.47 Å². The highest BCUT2D eigenvalue weighted by Crippen LogP contribution is 2.35. The Morgan fingerprint density at radius 1 is 1.25 bits per heavy atom. The Morgan fingerprint density at radius 3 is 2.25 bits per heavy atom. The summed E-state index contributed by atoms with van der Waals surface area (Å²) in [6.07, 6.45) is 0. The number of hydrogen-bond donors (Lipinski definition) is 1. The average Bonchev–Trinajstić information content (AvgIpc) is 2.44. The van der Waals surface area contributed by atoms with Crippen LogP contribution in [0, 0.1) is 0 Å². The second-order valence-corrected chi connectivity index (χ2v) is 6.59. The third kappa shape index (κ3) is 3.05. The van der Waals surface area contributed by atoms with E-state index in [1.165, 1.54) is 37.7 Å². The van der Waals surface area contributed by atoms with E-state index in [-0.39, 0.29) is 23.3 Å². The Kier molecular flexibility index (Phi) is 5.38. The molecule has 0 bridgehead atoms. The average molecular weight is 303 g/mol. The van der Waals surface area contributed by atoms with E-state index in [0.29, 0.717) is 11.3 Å². The molecule has 1 N–H and O–H groups in total. The summed E-state index contributed by atoms with van der Waals surface area (Å²) in [6.45, 7) is 3.23. The largest absolute Gasteiger partial charge is 0.493 e. The molecule has 0 atom stereocenters. The Morgan fingerprint density at radius 2 is 1.85 bits per heavy atom. The van der Waals surface area contributed by atoms with Crippen molar-refractivity contribution in [1.82, 2.24) is 4.31 Å². The summed E-state index contributed by atoms with van der Waals surface area (Å²) in [6, 6.07) is 2.62. The first-order valence-electron chi connectivity index (χ1n) is 6.13. The van der Waals surface area contributed by atoms with E-state index in [2.05, 4.69) is 0 Å². The van der Waals surface area contributed by atoms with Crippen LogP contribution in [0.4, 0.5) is 0 Å². The molecule has 0 heterocycles. The molecule has 7 heteroatoms. The standard InChI is InChI=1S/C13H21NO5S/c1-9(2)14(3)20(16,17)11-6-10(8-15)13(19-5)12(7-11)18-4/h6-7,9,15H,8H2,1-5H3. The summed E-state index contributed by atoms with van der Waals surface area (Å²) in [5.74, 6) is 0.607. The maximum absolute atomic E-state index is 12.5. The molecule has 0 amide bonds. The van der Waals surface area contributed by atoms with Gasteiger partial charge in [-0.3, -0.25) is 0 Å². The lowest BCUT2D eigenvalue weighted by molar-refractivity contribution is 0.269. The molecule has 1 rings (SSSR count). The minimum Gasteiger partial charge on any atom is -0.493 e. The fourth-order valence-electron chi connectivity index (χ4n) is 1.73. The van der Waals surface area contributed by atoms with Gasteiger partial charge in [-0.05, 0) is 19.9 Å². The molecule has 20 heavy (non-hydrogen) atoms. The van der Waals surface area contributed by atoms with E-state index in [1.807, 2.05) is 0 Å². The van der Waals surface area contributed by atoms with Gasteiger partial charge in [0.1, 0.15) is 0 Å². The van der Waals surface area contributed by atoms with E-state index in [1.54, 1.807) is 13.8 Å². The number of aliphatic hydroxyl groups is 1. The predicted octanol–water partition coefficient (Wildman–Crippen LogP) is 1.23. The molecule has 0 aliphatic rings. The van der Waals surface area contributed by atoms with Crippen LogP contribution in [-0.2, 0) is 16.6 Å². The molecular weight excluding hydrogens is 282 g/mol. The zero-order valence-corrected chi connectivity index (χ0v) is 13.2. The minimum atomic E-state index is -3.64. The van der Waals surface area contributed by atoms with E-state index in [9.17, 15) is 13.5 Å². The van der Waals surface area contributed by atoms with Crippen molar-refractivity contribution in [3.05, 3.63) is 17.7 Å². The molecule has 0 saturated heterocycles. The van der Waals surface area contributed by atoms with Gasteiger partial charge in [0, 0.05) is 24.7 Å². The maximum atomic E-state index is 12.5. The number of hydrogen-bond acceptors (Lipinski definition) is 5. The fraction of sp³-hybridized carbons (Fsp3) is 0.538. The van der Waals surface area contributed by atoms with Crippen molar-refractivity contribution in [3.63, 3.8) is 0 Å². The second kappa shape index (κ2) is 6.43. The van der Waals surface area contributed by atoms with Crippen molar-refractivity contribution >= 4 is 10.0 Å². The van der Waals surface area contributed by atoms with Crippen LogP contribution in [0.25, 0.3) is 0 Å². The van der Waals surface area contributed by atoms with Gasteiger partial charge in [-0.15, -0.1) is 0 Å². The van der Waals surface area contributed by atoms with Gasteiger partial charge in [-0.1, -0.05) is 0 Å². The minimum absolute atomic E-state index is 0.0652. The van der Waals surface area contributed by atoms with Crippen molar-refractivity contribution in [1.29, 1.82) is 0 Å². The summed E-state index contributed by atoms with van der Waals surface area (Å²) in [7, 11) is 0.722. The molecule has 6 nitrogen and oxygen atoms in total. The quantitative estimate of drug-likeness (QED) is 0.855. The molecule has 0 unspecified atom stereocenters. The SMILES string of the molecule is COc1cc(S(=O)(=O)N(C)C(C)C)cc(CO)c1OC. The molecule has 0 aliphatic heterocycles. The van der Waals surface area contributed by atoms with Crippen LogP contribution < -0.4 is 9.47 Å². The van der Waals surface area contributed by atoms with Gasteiger partial charge in [-0.2, -0.15) is 4.31 Å². The van der Waals surface area contributed by atoms with Crippen LogP contribution in [0.2, 0.25) is 0 Å². The molecule has 0 spiro atoms. The van der Waals surface area contributed by atoms with Crippen molar-refractivity contribution in [2.45, 2.75) is 31.4 Å². The smallest absolute Gasteiger partial charge is 0.243 e. The molecule has 0 radical (unpaired) electrons. The van der Waals surface area contributed by atoms with Gasteiger partial charge in [0.15, 0.2) is 11.5 Å². The highest BCUT2D eigenvalue weighted by Gasteiger charge is 2.26. The van der Waals surface area contributed by atoms with E-state index < -0.39 is 10.0 Å². The molecule has 0 fully saturated rings. The topological polar surface area (TPSA) is 76.1 Å². The summed E-state index contributed by atoms with van der Waals surface area (Å²) in [5, 5.41) is 9.36. The summed E-state index contributed by atoms with van der Waals surface area (Å²) in [4.78, 5) is 0.0652. The maximum Gasteiger partial charge on any atom is 0.243 e. The monoisotopic (exact) mass is 303 g/mol. The number of rotatable bonds is 6. The van der Waals surface area contributed by atoms with Gasteiger partial charge in [0.2, 0.25) is 10.0 Å². The zero-order chi connectivity index (χ0) is 15.5. The van der Waals surface area contributed by atoms with E-state index >= 15 is 0 Å². The van der Waals surface area contributed by atoms with E-state index in [0.717, 1.165) is 0 Å². The van der Waals surface area contributed by atoms with Gasteiger partial charge >= 0.3 is 0 Å². The van der Waals surface area contributed by atoms with Gasteiger partial charge in [-0.25, -0.2) is 8.42 Å². The molecular formula is C13H21NO5S. The molecule has 114 valence electrons. The van der Waals surface area contributed by atoms with Gasteiger partial charge < -0.3 is 14.6 Å². The first-order chi connectivity index (χ1) is 9.29. The summed E-state index contributed by atoms with van der Waals surface area (Å²) >= 11 is 0. The van der Waals surface area contributed by atoms with Crippen LogP contribution in [-0.4, -0.2) is 45.1 Å². The molecule has 1 aromatic carbocycles. The molecule has 0 aromatic heterocycles. The van der Waals surface area contributed by atoms with Crippen molar-refractivity contribution in [2.75, 3.05) is 21.3 Å². The van der Waals surface area contributed by atoms with Crippen molar-refractivity contribution in [3.8, 4) is 11.5 Å². The normalized spacial score (nSPS) is 12.0. The fourth-order valence-corrected chi connectivity index (χ4v) is 3.16. The number of ether oxygens (including phenoxy) is 2. The first-order valence-corrected chi connectivity index (χ1v) is 7.57. The molecule has 1 aromatic rings. The molecule has 0 aliphatic carbocycles. The van der Waals surface area contributed by atoms with Crippen LogP contribution in [0.15, 0.2) is 17.0 Å². The Bertz CT molecular complexity index is 543.